The first-order valence-corrected chi connectivity index (χ1v) is 7.16. The molecule has 0 atom stereocenters. The van der Waals surface area contributed by atoms with Gasteiger partial charge in [-0.3, -0.25) is 0 Å². The van der Waals surface area contributed by atoms with E-state index in [1.54, 1.807) is 0 Å². The number of unbranched alkanes of at least 4 members (excludes halogenated alkanes) is 1. The molecule has 0 aliphatic carbocycles. The molecule has 110 valence electrons. The van der Waals surface area contributed by atoms with Crippen molar-refractivity contribution in [2.75, 3.05) is 31.2 Å². The molecule has 2 rings (SSSR count). The van der Waals surface area contributed by atoms with E-state index in [0.717, 1.165) is 37.0 Å². The molecule has 5 nitrogen and oxygen atoms in total. The van der Waals surface area contributed by atoms with Gasteiger partial charge in [0, 0.05) is 18.3 Å². The monoisotopic (exact) mass is 276 g/mol. The first-order valence-electron chi connectivity index (χ1n) is 7.16. The van der Waals surface area contributed by atoms with E-state index < -0.39 is 0 Å². The van der Waals surface area contributed by atoms with Crippen LogP contribution in [-0.4, -0.2) is 36.1 Å². The number of nitrogen functional groups attached to an aromatic ring is 1. The lowest BCUT2D eigenvalue weighted by molar-refractivity contribution is 0.269. The van der Waals surface area contributed by atoms with E-state index in [-0.39, 0.29) is 0 Å². The second-order valence-corrected chi connectivity index (χ2v) is 5.45. The minimum atomic E-state index is 0.572. The van der Waals surface area contributed by atoms with Crippen molar-refractivity contribution >= 4 is 22.8 Å². The number of rotatable bonds is 7. The van der Waals surface area contributed by atoms with Crippen LogP contribution in [0.5, 0.6) is 0 Å². The zero-order valence-corrected chi connectivity index (χ0v) is 12.5. The number of nitrogens with two attached hydrogens (primary N) is 1. The average Bonchev–Trinajstić information content (AvgIpc) is 2.79. The minimum absolute atomic E-state index is 0.572. The van der Waals surface area contributed by atoms with Gasteiger partial charge < -0.3 is 20.4 Å². The van der Waals surface area contributed by atoms with Crippen molar-refractivity contribution in [3.63, 3.8) is 0 Å². The standard InChI is InChI=1S/C15H24N4O/c1-11(2)19(3)9-5-4-8-17-15-18-13-10-12(16)6-7-14(13)20-15/h6-7,10-11H,4-5,8-9,16H2,1-3H3,(H,17,18). The number of hydrogen-bond donors (Lipinski definition) is 2. The third-order valence-corrected chi connectivity index (χ3v) is 3.51. The Hall–Kier alpha value is -1.75. The minimum Gasteiger partial charge on any atom is -0.424 e. The fraction of sp³-hybridized carbons (Fsp3) is 0.533. The zero-order chi connectivity index (χ0) is 14.5. The smallest absolute Gasteiger partial charge is 0.295 e. The predicted octanol–water partition coefficient (Wildman–Crippen LogP) is 2.94. The lowest BCUT2D eigenvalue weighted by Gasteiger charge is -2.20. The second-order valence-electron chi connectivity index (χ2n) is 5.45. The Morgan fingerprint density at radius 2 is 2.15 bits per heavy atom. The topological polar surface area (TPSA) is 67.3 Å². The van der Waals surface area contributed by atoms with E-state index in [9.17, 15) is 0 Å². The molecule has 3 N–H and O–H groups in total. The number of nitrogens with one attached hydrogen (secondary N) is 1. The molecule has 0 saturated heterocycles. The van der Waals surface area contributed by atoms with Crippen LogP contribution < -0.4 is 11.1 Å². The van der Waals surface area contributed by atoms with Gasteiger partial charge in [-0.1, -0.05) is 0 Å². The van der Waals surface area contributed by atoms with E-state index in [4.69, 9.17) is 10.2 Å². The summed E-state index contributed by atoms with van der Waals surface area (Å²) in [6, 6.07) is 6.66. The summed E-state index contributed by atoms with van der Waals surface area (Å²) in [5.41, 5.74) is 7.98. The largest absolute Gasteiger partial charge is 0.424 e. The van der Waals surface area contributed by atoms with Crippen LogP contribution in [0.1, 0.15) is 26.7 Å². The van der Waals surface area contributed by atoms with Gasteiger partial charge in [0.15, 0.2) is 5.58 Å². The summed E-state index contributed by atoms with van der Waals surface area (Å²) in [7, 11) is 2.16. The molecule has 1 aromatic carbocycles. The Kier molecular flexibility index (Phi) is 4.84. The zero-order valence-electron chi connectivity index (χ0n) is 12.5. The van der Waals surface area contributed by atoms with E-state index in [1.165, 1.54) is 0 Å². The first kappa shape index (κ1) is 14.7. The lowest BCUT2D eigenvalue weighted by atomic mass is 10.2. The van der Waals surface area contributed by atoms with Gasteiger partial charge >= 0.3 is 0 Å². The SMILES string of the molecule is CC(C)N(C)CCCCNc1nc2cc(N)ccc2o1. The summed E-state index contributed by atoms with van der Waals surface area (Å²) in [5.74, 6) is 0. The maximum absolute atomic E-state index is 5.72. The van der Waals surface area contributed by atoms with Crippen LogP contribution >= 0.6 is 0 Å². The van der Waals surface area contributed by atoms with Crippen LogP contribution in [0.3, 0.4) is 0 Å². The van der Waals surface area contributed by atoms with E-state index >= 15 is 0 Å². The molecule has 0 amide bonds. The van der Waals surface area contributed by atoms with Gasteiger partial charge in [-0.25, -0.2) is 0 Å². The molecule has 0 aliphatic rings. The number of nitrogens with zero attached hydrogens (tertiary/aromatic N) is 2. The van der Waals surface area contributed by atoms with Crippen LogP contribution in [0.25, 0.3) is 11.1 Å². The van der Waals surface area contributed by atoms with Crippen molar-refractivity contribution < 1.29 is 4.42 Å². The summed E-state index contributed by atoms with van der Waals surface area (Å²) in [6.45, 7) is 6.40. The van der Waals surface area contributed by atoms with Gasteiger partial charge in [-0.2, -0.15) is 4.98 Å². The third kappa shape index (κ3) is 3.87. The highest BCUT2D eigenvalue weighted by atomic mass is 16.4. The van der Waals surface area contributed by atoms with Crippen molar-refractivity contribution in [3.8, 4) is 0 Å². The van der Waals surface area contributed by atoms with E-state index in [1.807, 2.05) is 18.2 Å². The maximum atomic E-state index is 5.72. The summed E-state index contributed by atoms with van der Waals surface area (Å²) in [6.07, 6.45) is 2.26. The quantitative estimate of drug-likeness (QED) is 0.601. The van der Waals surface area contributed by atoms with E-state index in [0.29, 0.717) is 17.7 Å². The molecule has 0 aliphatic heterocycles. The van der Waals surface area contributed by atoms with Crippen LogP contribution in [0, 0.1) is 0 Å². The van der Waals surface area contributed by atoms with Gasteiger partial charge in [0.1, 0.15) is 5.52 Å². The average molecular weight is 276 g/mol. The fourth-order valence-electron chi connectivity index (χ4n) is 1.96. The van der Waals surface area contributed by atoms with Gasteiger partial charge in [0.05, 0.1) is 0 Å². The highest BCUT2D eigenvalue weighted by molar-refractivity contribution is 5.78. The number of fused-ring (bicyclic) bond motifs is 1. The van der Waals surface area contributed by atoms with Crippen molar-refractivity contribution in [1.29, 1.82) is 0 Å². The number of anilines is 2. The molecule has 1 heterocycles. The van der Waals surface area contributed by atoms with Crippen molar-refractivity contribution in [3.05, 3.63) is 18.2 Å². The van der Waals surface area contributed by atoms with Gasteiger partial charge in [0.2, 0.25) is 0 Å². The predicted molar refractivity (Wildman–Crippen MR) is 83.9 cm³/mol. The summed E-state index contributed by atoms with van der Waals surface area (Å²) in [5, 5.41) is 3.22. The third-order valence-electron chi connectivity index (χ3n) is 3.51. The molecular formula is C15H24N4O. The van der Waals surface area contributed by atoms with E-state index in [2.05, 4.69) is 36.1 Å². The van der Waals surface area contributed by atoms with Crippen molar-refractivity contribution in [1.82, 2.24) is 9.88 Å². The fourth-order valence-corrected chi connectivity index (χ4v) is 1.96. The molecule has 0 saturated carbocycles. The number of hydrogen-bond acceptors (Lipinski definition) is 5. The number of oxazole rings is 1. The summed E-state index contributed by atoms with van der Waals surface area (Å²) >= 11 is 0. The molecule has 0 bridgehead atoms. The molecule has 20 heavy (non-hydrogen) atoms. The van der Waals surface area contributed by atoms with Crippen LogP contribution in [0.2, 0.25) is 0 Å². The maximum Gasteiger partial charge on any atom is 0.295 e. The van der Waals surface area contributed by atoms with Gasteiger partial charge in [-0.05, 0) is 58.5 Å². The van der Waals surface area contributed by atoms with Gasteiger partial charge in [-0.15, -0.1) is 0 Å². The molecular weight excluding hydrogens is 252 g/mol. The van der Waals surface area contributed by atoms with Crippen LogP contribution in [0.4, 0.5) is 11.7 Å². The summed E-state index contributed by atoms with van der Waals surface area (Å²) in [4.78, 5) is 6.72. The van der Waals surface area contributed by atoms with Gasteiger partial charge in [0.25, 0.3) is 6.01 Å². The molecule has 0 radical (unpaired) electrons. The lowest BCUT2D eigenvalue weighted by Crippen LogP contribution is -2.27. The normalized spacial score (nSPS) is 11.7. The Balaban J connectivity index is 1.76. The number of aromatic nitrogens is 1. The Morgan fingerprint density at radius 3 is 2.90 bits per heavy atom. The molecule has 1 aromatic heterocycles. The Bertz CT molecular complexity index is 550. The second kappa shape index (κ2) is 6.61. The van der Waals surface area contributed by atoms with Crippen LogP contribution in [-0.2, 0) is 0 Å². The molecule has 0 spiro atoms. The molecule has 5 heteroatoms. The summed E-state index contributed by atoms with van der Waals surface area (Å²) < 4.78 is 5.60. The number of benzene rings is 1. The van der Waals surface area contributed by atoms with Crippen molar-refractivity contribution in [2.45, 2.75) is 32.7 Å². The first-order chi connectivity index (χ1) is 9.56. The Morgan fingerprint density at radius 1 is 1.35 bits per heavy atom. The molecule has 0 unspecified atom stereocenters. The molecule has 0 fully saturated rings. The van der Waals surface area contributed by atoms with Crippen molar-refractivity contribution in [2.24, 2.45) is 0 Å². The highest BCUT2D eigenvalue weighted by Crippen LogP contribution is 2.20. The Labute approximate surface area is 120 Å². The highest BCUT2D eigenvalue weighted by Gasteiger charge is 2.05. The van der Waals surface area contributed by atoms with Crippen LogP contribution in [0.15, 0.2) is 22.6 Å². The molecule has 2 aromatic rings.